The van der Waals surface area contributed by atoms with Crippen molar-refractivity contribution in [3.63, 3.8) is 0 Å². The van der Waals surface area contributed by atoms with Crippen LogP contribution in [0.3, 0.4) is 0 Å². The molecule has 0 saturated carbocycles. The third-order valence-electron chi connectivity index (χ3n) is 15.5. The molecule has 4 N–H and O–H groups in total. The van der Waals surface area contributed by atoms with E-state index in [-0.39, 0.29) is 18.5 Å². The molecule has 0 bridgehead atoms. The number of anilines is 4. The topological polar surface area (TPSA) is 168 Å². The number of aryl methyl sites for hydroxylation is 2. The van der Waals surface area contributed by atoms with Gasteiger partial charge >= 0.3 is 12.1 Å². The van der Waals surface area contributed by atoms with Crippen LogP contribution in [0.2, 0.25) is 0 Å². The molecule has 6 aliphatic rings. The largest absolute Gasteiger partial charge is 0.483 e. The van der Waals surface area contributed by atoms with Crippen LogP contribution in [0.4, 0.5) is 32.6 Å². The molecule has 2 aromatic carbocycles. The van der Waals surface area contributed by atoms with Crippen molar-refractivity contribution in [3.8, 4) is 22.3 Å². The van der Waals surface area contributed by atoms with Crippen molar-refractivity contribution in [2.24, 2.45) is 11.8 Å². The highest BCUT2D eigenvalue weighted by Crippen LogP contribution is 2.36. The van der Waals surface area contributed by atoms with Crippen LogP contribution in [-0.2, 0) is 14.3 Å². The van der Waals surface area contributed by atoms with Crippen LogP contribution in [0.15, 0.2) is 60.7 Å². The number of morpholine rings is 2. The van der Waals surface area contributed by atoms with E-state index in [1.54, 1.807) is 0 Å². The number of aromatic nitrogens is 2. The molecule has 16 heteroatoms. The zero-order valence-corrected chi connectivity index (χ0v) is 43.3. The van der Waals surface area contributed by atoms with E-state index < -0.39 is 0 Å². The fourth-order valence-corrected chi connectivity index (χ4v) is 10.9. The molecule has 4 aromatic rings. The van der Waals surface area contributed by atoms with Gasteiger partial charge in [-0.25, -0.2) is 19.6 Å². The average Bonchev–Trinajstić information content (AvgIpc) is 4.28. The average molecular weight is 987 g/mol. The number of carbonyl (C=O) groups excluding carboxylic acids is 2. The maximum absolute atomic E-state index is 12.9. The summed E-state index contributed by atoms with van der Waals surface area (Å²) < 4.78 is 11.2. The van der Waals surface area contributed by atoms with Gasteiger partial charge < -0.3 is 55.0 Å². The molecular formula is C56H78N10O6. The molecule has 6 saturated heterocycles. The molecule has 0 spiro atoms. The fourth-order valence-electron chi connectivity index (χ4n) is 10.9. The van der Waals surface area contributed by atoms with Crippen molar-refractivity contribution in [2.75, 3.05) is 132 Å². The number of nitrogens with zero attached hydrogens (tertiary/aromatic N) is 7. The van der Waals surface area contributed by atoms with Gasteiger partial charge in [-0.2, -0.15) is 0 Å². The van der Waals surface area contributed by atoms with Crippen molar-refractivity contribution in [1.82, 2.24) is 30.0 Å². The summed E-state index contributed by atoms with van der Waals surface area (Å²) >= 11 is 0. The summed E-state index contributed by atoms with van der Waals surface area (Å²) in [6.45, 7) is 22.4. The molecule has 2 aromatic heterocycles. The summed E-state index contributed by atoms with van der Waals surface area (Å²) in [6, 6.07) is 21.5. The number of pyridine rings is 2. The van der Waals surface area contributed by atoms with Gasteiger partial charge in [0.2, 0.25) is 0 Å². The Morgan fingerprint density at radius 1 is 0.653 bits per heavy atom. The van der Waals surface area contributed by atoms with Gasteiger partial charge in [0.25, 0.3) is 6.47 Å². The van der Waals surface area contributed by atoms with Crippen molar-refractivity contribution < 1.29 is 29.0 Å². The van der Waals surface area contributed by atoms with Gasteiger partial charge in [0, 0.05) is 100 Å². The van der Waals surface area contributed by atoms with E-state index in [2.05, 4.69) is 114 Å². The van der Waals surface area contributed by atoms with E-state index in [0.29, 0.717) is 23.7 Å². The van der Waals surface area contributed by atoms with Crippen LogP contribution in [-0.4, -0.2) is 160 Å². The Bertz CT molecular complexity index is 2430. The van der Waals surface area contributed by atoms with Crippen LogP contribution >= 0.6 is 0 Å². The lowest BCUT2D eigenvalue weighted by molar-refractivity contribution is -0.122. The number of amides is 4. The van der Waals surface area contributed by atoms with Crippen molar-refractivity contribution in [3.05, 3.63) is 83.2 Å². The van der Waals surface area contributed by atoms with Crippen LogP contribution in [0.25, 0.3) is 22.3 Å². The minimum absolute atomic E-state index is 0.00667. The quantitative estimate of drug-likeness (QED) is 0.112. The van der Waals surface area contributed by atoms with Gasteiger partial charge in [-0.15, -0.1) is 0 Å². The van der Waals surface area contributed by atoms with Crippen LogP contribution in [0.1, 0.15) is 86.7 Å². The standard InChI is InChI=1S/C28H39N5O2.C27H37N5O2.CH2O2/c1-4-21-7-10-33(18-21)28(34)29-24-6-5-20(2)25(17-24)23-15-26(22-8-9-31(3)19-22)30-27(16-23)32-11-13-35-14-12-32;1-3-20-7-9-32(18-20)27(33)29-23-5-4-19(2)24(16-23)22-14-25(21-6-8-28-17-21)30-26(15-22)31-10-12-34-13-11-31;2-1-3/h5-6,15-17,21-22H,4,7-14,18-19H2,1-3H3,(H,29,34);4-5,14-16,20-21,28H,3,6-13,17-18H2,1-2H3,(H,29,33);1H,(H,2,3)/t21-,22?;20-,21?;/m11./s1. The molecule has 0 aliphatic carbocycles. The number of likely N-dealkylation sites (tertiary alicyclic amines) is 3. The van der Waals surface area contributed by atoms with Gasteiger partial charge in [0.1, 0.15) is 11.6 Å². The van der Waals surface area contributed by atoms with Gasteiger partial charge in [-0.1, -0.05) is 38.8 Å². The number of ether oxygens (including phenoxy) is 2. The predicted octanol–water partition coefficient (Wildman–Crippen LogP) is 8.51. The van der Waals surface area contributed by atoms with E-state index >= 15 is 0 Å². The Labute approximate surface area is 426 Å². The zero-order chi connectivity index (χ0) is 50.6. The second-order valence-corrected chi connectivity index (χ2v) is 20.5. The molecular weight excluding hydrogens is 909 g/mol. The summed E-state index contributed by atoms with van der Waals surface area (Å²) in [5.41, 5.74) is 11.1. The highest BCUT2D eigenvalue weighted by molar-refractivity contribution is 5.92. The minimum atomic E-state index is -0.250. The predicted molar refractivity (Wildman–Crippen MR) is 287 cm³/mol. The number of likely N-dealkylation sites (N-methyl/N-ethyl adjacent to an activating group) is 1. The van der Waals surface area contributed by atoms with E-state index in [9.17, 15) is 9.59 Å². The van der Waals surface area contributed by atoms with Crippen LogP contribution in [0.5, 0.6) is 0 Å². The monoisotopic (exact) mass is 987 g/mol. The summed E-state index contributed by atoms with van der Waals surface area (Å²) in [6.07, 6.45) is 6.71. The Morgan fingerprint density at radius 2 is 1.12 bits per heavy atom. The van der Waals surface area contributed by atoms with E-state index in [1.807, 2.05) is 21.9 Å². The molecule has 0 radical (unpaired) electrons. The van der Waals surface area contributed by atoms with Crippen LogP contribution in [0, 0.1) is 25.7 Å². The second-order valence-electron chi connectivity index (χ2n) is 20.5. The number of urea groups is 2. The maximum atomic E-state index is 12.9. The lowest BCUT2D eigenvalue weighted by atomic mass is 9.96. The van der Waals surface area contributed by atoms with Gasteiger partial charge in [-0.05, 0) is 153 Å². The van der Waals surface area contributed by atoms with Crippen molar-refractivity contribution in [1.29, 1.82) is 0 Å². The first kappa shape index (κ1) is 52.5. The number of hydrogen-bond acceptors (Lipinski definition) is 11. The van der Waals surface area contributed by atoms with Crippen LogP contribution < -0.4 is 25.8 Å². The maximum Gasteiger partial charge on any atom is 0.321 e. The van der Waals surface area contributed by atoms with Crippen molar-refractivity contribution in [2.45, 2.75) is 78.1 Å². The third kappa shape index (κ3) is 13.4. The minimum Gasteiger partial charge on any atom is -0.483 e. The number of carboxylic acid groups (broad SMARTS) is 1. The first-order valence-electron chi connectivity index (χ1n) is 26.5. The van der Waals surface area contributed by atoms with E-state index in [4.69, 9.17) is 29.3 Å². The lowest BCUT2D eigenvalue weighted by Crippen LogP contribution is -2.37. The number of nitrogens with one attached hydrogen (secondary N) is 3. The molecule has 2 unspecified atom stereocenters. The number of rotatable bonds is 10. The normalized spacial score (nSPS) is 22.2. The SMILES string of the molecule is CC[C@@H]1CCN(C(=O)Nc2ccc(C)c(-c3cc(C4CCN(C)C4)nc(N4CCOCC4)c3)c2)C1.CC[C@@H]1CCN(C(=O)Nc2ccc(C)c(-c3cc(C4CCNC4)nc(N4CCOCC4)c3)c2)C1.O=CO. The number of benzene rings is 2. The molecule has 388 valence electrons. The van der Waals surface area contributed by atoms with Gasteiger partial charge in [0.05, 0.1) is 26.4 Å². The Hall–Kier alpha value is -5.81. The first-order chi connectivity index (χ1) is 35.0. The van der Waals surface area contributed by atoms with Crippen molar-refractivity contribution >= 4 is 41.5 Å². The molecule has 8 heterocycles. The highest BCUT2D eigenvalue weighted by atomic mass is 16.5. The second kappa shape index (κ2) is 25.2. The smallest absolute Gasteiger partial charge is 0.321 e. The first-order valence-corrected chi connectivity index (χ1v) is 26.5. The number of hydrogen-bond donors (Lipinski definition) is 4. The summed E-state index contributed by atoms with van der Waals surface area (Å²) in [4.78, 5) is 55.3. The molecule has 16 nitrogen and oxygen atoms in total. The fraction of sp³-hybridized carbons (Fsp3) is 0.554. The Kier molecular flexibility index (Phi) is 18.4. The summed E-state index contributed by atoms with van der Waals surface area (Å²) in [7, 11) is 2.19. The summed E-state index contributed by atoms with van der Waals surface area (Å²) in [5.74, 6) is 4.19. The third-order valence-corrected chi connectivity index (χ3v) is 15.5. The highest BCUT2D eigenvalue weighted by Gasteiger charge is 2.29. The molecule has 6 aliphatic heterocycles. The van der Waals surface area contributed by atoms with E-state index in [1.165, 1.54) is 27.9 Å². The zero-order valence-electron chi connectivity index (χ0n) is 43.3. The lowest BCUT2D eigenvalue weighted by Gasteiger charge is -2.29. The molecule has 4 amide bonds. The number of carbonyl (C=O) groups is 3. The Morgan fingerprint density at radius 3 is 1.53 bits per heavy atom. The van der Waals surface area contributed by atoms with Gasteiger partial charge in [-0.3, -0.25) is 4.79 Å². The molecule has 4 atom stereocenters. The Balaban J connectivity index is 0.000000183. The molecule has 6 fully saturated rings. The molecule has 72 heavy (non-hydrogen) atoms. The van der Waals surface area contributed by atoms with E-state index in [0.717, 1.165) is 183 Å². The molecule has 10 rings (SSSR count). The summed E-state index contributed by atoms with van der Waals surface area (Å²) in [5, 5.41) is 16.7. The van der Waals surface area contributed by atoms with Gasteiger partial charge in [0.15, 0.2) is 0 Å².